The summed E-state index contributed by atoms with van der Waals surface area (Å²) in [7, 11) is 3.22. The second-order valence-electron chi connectivity index (χ2n) is 8.54. The van der Waals surface area contributed by atoms with Crippen molar-refractivity contribution >= 4 is 0 Å². The molecule has 0 aliphatic heterocycles. The molecule has 1 aliphatic rings. The van der Waals surface area contributed by atoms with Crippen molar-refractivity contribution in [2.45, 2.75) is 51.2 Å². The molecule has 1 unspecified atom stereocenters. The van der Waals surface area contributed by atoms with Gasteiger partial charge in [-0.3, -0.25) is 0 Å². The fourth-order valence-electron chi connectivity index (χ4n) is 4.47. The summed E-state index contributed by atoms with van der Waals surface area (Å²) in [5.41, 5.74) is 4.58. The van der Waals surface area contributed by atoms with Crippen LogP contribution in [0.1, 0.15) is 42.4 Å². The first-order chi connectivity index (χ1) is 16.1. The highest BCUT2D eigenvalue weighted by Crippen LogP contribution is 2.49. The van der Waals surface area contributed by atoms with Crippen LogP contribution < -0.4 is 14.2 Å². The summed E-state index contributed by atoms with van der Waals surface area (Å²) in [6.07, 6.45) is 4.50. The molecule has 33 heavy (non-hydrogen) atoms. The molecule has 0 saturated carbocycles. The van der Waals surface area contributed by atoms with Gasteiger partial charge >= 0.3 is 0 Å². The van der Waals surface area contributed by atoms with Gasteiger partial charge in [0, 0.05) is 11.1 Å². The van der Waals surface area contributed by atoms with E-state index >= 15 is 0 Å². The van der Waals surface area contributed by atoms with Crippen LogP contribution in [-0.4, -0.2) is 30.5 Å². The van der Waals surface area contributed by atoms with Crippen LogP contribution in [0.3, 0.4) is 0 Å². The first kappa shape index (κ1) is 23.0. The Labute approximate surface area is 195 Å². The number of phenols is 1. The summed E-state index contributed by atoms with van der Waals surface area (Å²) in [4.78, 5) is 0. The zero-order chi connectivity index (χ0) is 23.2. The van der Waals surface area contributed by atoms with E-state index in [0.29, 0.717) is 35.8 Å². The lowest BCUT2D eigenvalue weighted by atomic mass is 9.95. The largest absolute Gasteiger partial charge is 0.507 e. The number of ether oxygens (including phenoxy) is 3. The Balaban J connectivity index is 1.84. The van der Waals surface area contributed by atoms with E-state index in [2.05, 4.69) is 6.07 Å². The van der Waals surface area contributed by atoms with Crippen LogP contribution in [-0.2, 0) is 19.4 Å². The van der Waals surface area contributed by atoms with Crippen LogP contribution in [0.15, 0.2) is 54.6 Å². The molecule has 4 bridgehead atoms. The van der Waals surface area contributed by atoms with Gasteiger partial charge in [0.15, 0.2) is 11.5 Å². The van der Waals surface area contributed by atoms with Crippen LogP contribution in [0.2, 0.25) is 0 Å². The van der Waals surface area contributed by atoms with Gasteiger partial charge in [-0.25, -0.2) is 0 Å². The quantitative estimate of drug-likeness (QED) is 0.526. The lowest BCUT2D eigenvalue weighted by Gasteiger charge is -2.21. The molecule has 3 aromatic carbocycles. The minimum Gasteiger partial charge on any atom is -0.507 e. The van der Waals surface area contributed by atoms with Crippen molar-refractivity contribution < 1.29 is 24.4 Å². The molecule has 1 atom stereocenters. The predicted molar refractivity (Wildman–Crippen MR) is 129 cm³/mol. The molecule has 0 fully saturated rings. The Morgan fingerprint density at radius 3 is 2.36 bits per heavy atom. The number of fused-ring (bicyclic) bond motifs is 5. The molecule has 1 aliphatic carbocycles. The smallest absolute Gasteiger partial charge is 0.204 e. The molecular formula is C28H32O5. The Hall–Kier alpha value is -3.18. The molecule has 2 N–H and O–H groups in total. The number of rotatable bonds is 5. The Morgan fingerprint density at radius 1 is 0.818 bits per heavy atom. The Morgan fingerprint density at radius 2 is 1.61 bits per heavy atom. The van der Waals surface area contributed by atoms with Crippen LogP contribution in [0.5, 0.6) is 23.0 Å². The van der Waals surface area contributed by atoms with Crippen molar-refractivity contribution in [3.63, 3.8) is 0 Å². The molecule has 5 heteroatoms. The molecule has 0 aromatic heterocycles. The first-order valence-electron chi connectivity index (χ1n) is 11.6. The molecule has 4 rings (SSSR count). The van der Waals surface area contributed by atoms with Gasteiger partial charge in [-0.2, -0.15) is 0 Å². The standard InChI is InChI=1S/C28H32O5/c1-31-27-24-17-21(26(28(27)32-2)33-18-20-8-4-3-5-9-20)10-6-7-11-22(29)14-12-19-13-15-25(30)23(24)16-19/h3-5,8-9,13,15-17,22,29-30H,6-7,10-12,14,18H2,1-2H3. The van der Waals surface area contributed by atoms with Gasteiger partial charge in [-0.05, 0) is 67.0 Å². The minimum absolute atomic E-state index is 0.179. The third-order valence-corrected chi connectivity index (χ3v) is 6.25. The first-order valence-corrected chi connectivity index (χ1v) is 11.6. The van der Waals surface area contributed by atoms with Gasteiger partial charge in [-0.1, -0.05) is 42.8 Å². The fraction of sp³-hybridized carbons (Fsp3) is 0.357. The van der Waals surface area contributed by atoms with Crippen molar-refractivity contribution in [3.05, 3.63) is 71.3 Å². The van der Waals surface area contributed by atoms with E-state index in [9.17, 15) is 10.2 Å². The lowest BCUT2D eigenvalue weighted by Crippen LogP contribution is -2.08. The monoisotopic (exact) mass is 448 g/mol. The number of hydrogen-bond acceptors (Lipinski definition) is 5. The van der Waals surface area contributed by atoms with Crippen LogP contribution in [0, 0.1) is 0 Å². The summed E-state index contributed by atoms with van der Waals surface area (Å²) in [6, 6.07) is 17.7. The van der Waals surface area contributed by atoms with Crippen molar-refractivity contribution in [1.29, 1.82) is 0 Å². The SMILES string of the molecule is COc1c2cc(c(OCc3ccccc3)c1OC)CCCCC(O)CCc1ccc(O)c-2c1. The van der Waals surface area contributed by atoms with E-state index in [1.807, 2.05) is 42.5 Å². The molecule has 0 heterocycles. The number of phenolic OH excluding ortho intramolecular Hbond substituents is 1. The molecule has 0 saturated heterocycles. The number of methoxy groups -OCH3 is 2. The van der Waals surface area contributed by atoms with Gasteiger partial charge in [0.1, 0.15) is 12.4 Å². The highest BCUT2D eigenvalue weighted by atomic mass is 16.5. The third-order valence-electron chi connectivity index (χ3n) is 6.25. The fourth-order valence-corrected chi connectivity index (χ4v) is 4.47. The number of hydrogen-bond donors (Lipinski definition) is 2. The highest BCUT2D eigenvalue weighted by Gasteiger charge is 2.24. The summed E-state index contributed by atoms with van der Waals surface area (Å²) < 4.78 is 17.9. The number of aliphatic hydroxyl groups is 1. The average molecular weight is 449 g/mol. The van der Waals surface area contributed by atoms with Crippen molar-refractivity contribution in [2.75, 3.05) is 14.2 Å². The maximum atomic E-state index is 10.7. The topological polar surface area (TPSA) is 68.2 Å². The van der Waals surface area contributed by atoms with Crippen LogP contribution in [0.4, 0.5) is 0 Å². The Bertz CT molecular complexity index is 1080. The van der Waals surface area contributed by atoms with E-state index in [1.165, 1.54) is 0 Å². The van der Waals surface area contributed by atoms with E-state index < -0.39 is 0 Å². The van der Waals surface area contributed by atoms with Crippen molar-refractivity contribution in [3.8, 4) is 34.1 Å². The molecule has 0 amide bonds. The molecular weight excluding hydrogens is 416 g/mol. The van der Waals surface area contributed by atoms with Gasteiger partial charge in [-0.15, -0.1) is 0 Å². The Kier molecular flexibility index (Phi) is 7.40. The molecule has 174 valence electrons. The molecule has 0 spiro atoms. The molecule has 0 radical (unpaired) electrons. The van der Waals surface area contributed by atoms with Crippen molar-refractivity contribution in [1.82, 2.24) is 0 Å². The predicted octanol–water partition coefficient (Wildman–Crippen LogP) is 5.68. The number of benzene rings is 3. The third kappa shape index (κ3) is 5.25. The summed E-state index contributed by atoms with van der Waals surface area (Å²) in [6.45, 7) is 0.409. The zero-order valence-electron chi connectivity index (χ0n) is 19.3. The van der Waals surface area contributed by atoms with Crippen LogP contribution >= 0.6 is 0 Å². The number of aryl methyl sites for hydroxylation is 2. The lowest BCUT2D eigenvalue weighted by molar-refractivity contribution is 0.151. The van der Waals surface area contributed by atoms with E-state index in [0.717, 1.165) is 54.4 Å². The summed E-state index contributed by atoms with van der Waals surface area (Å²) in [5.74, 6) is 1.90. The summed E-state index contributed by atoms with van der Waals surface area (Å²) >= 11 is 0. The van der Waals surface area contributed by atoms with Crippen LogP contribution in [0.25, 0.3) is 11.1 Å². The second-order valence-corrected chi connectivity index (χ2v) is 8.54. The molecule has 3 aromatic rings. The maximum absolute atomic E-state index is 10.7. The average Bonchev–Trinajstić information content (AvgIpc) is 2.85. The van der Waals surface area contributed by atoms with Gasteiger partial charge in [0.05, 0.1) is 20.3 Å². The summed E-state index contributed by atoms with van der Waals surface area (Å²) in [5, 5.41) is 21.1. The van der Waals surface area contributed by atoms with E-state index in [4.69, 9.17) is 14.2 Å². The van der Waals surface area contributed by atoms with E-state index in [1.54, 1.807) is 20.3 Å². The number of aliphatic hydroxyl groups excluding tert-OH is 1. The van der Waals surface area contributed by atoms with Gasteiger partial charge < -0.3 is 24.4 Å². The van der Waals surface area contributed by atoms with E-state index in [-0.39, 0.29) is 11.9 Å². The van der Waals surface area contributed by atoms with Gasteiger partial charge in [0.2, 0.25) is 5.75 Å². The number of aromatic hydroxyl groups is 1. The van der Waals surface area contributed by atoms with Gasteiger partial charge in [0.25, 0.3) is 0 Å². The minimum atomic E-state index is -0.330. The zero-order valence-corrected chi connectivity index (χ0v) is 19.3. The van der Waals surface area contributed by atoms with Crippen molar-refractivity contribution in [2.24, 2.45) is 0 Å². The second kappa shape index (κ2) is 10.6. The maximum Gasteiger partial charge on any atom is 0.204 e. The highest BCUT2D eigenvalue weighted by molar-refractivity contribution is 5.81. The normalized spacial score (nSPS) is 16.2. The molecule has 5 nitrogen and oxygen atoms in total.